The van der Waals surface area contributed by atoms with Gasteiger partial charge in [0.1, 0.15) is 5.75 Å². The highest BCUT2D eigenvalue weighted by molar-refractivity contribution is 7.44. The third-order valence-electron chi connectivity index (χ3n) is 3.25. The summed E-state index contributed by atoms with van der Waals surface area (Å²) in [5.74, 6) is 1.42. The minimum absolute atomic E-state index is 0.289. The van der Waals surface area contributed by atoms with E-state index in [1.54, 1.807) is 0 Å². The smallest absolute Gasteiger partial charge is 0.259 e. The first-order valence-electron chi connectivity index (χ1n) is 8.57. The molecule has 0 radical (unpaired) electrons. The Balaban J connectivity index is 2.53. The number of rotatable bonds is 12. The summed E-state index contributed by atoms with van der Waals surface area (Å²) in [6.45, 7) is 13.2. The minimum Gasteiger partial charge on any atom is -0.462 e. The molecule has 0 aliphatic heterocycles. The lowest BCUT2D eigenvalue weighted by Crippen LogP contribution is -2.33. The fourth-order valence-electron chi connectivity index (χ4n) is 2.26. The summed E-state index contributed by atoms with van der Waals surface area (Å²) in [5, 5.41) is 8.72. The first-order chi connectivity index (χ1) is 12.0. The molecule has 1 unspecified atom stereocenters. The van der Waals surface area contributed by atoms with Crippen molar-refractivity contribution in [2.24, 2.45) is 0 Å². The first kappa shape index (κ1) is 21.6. The van der Waals surface area contributed by atoms with Crippen LogP contribution >= 0.6 is 8.53 Å². The third-order valence-corrected chi connectivity index (χ3v) is 5.36. The Morgan fingerprint density at radius 2 is 1.72 bits per heavy atom. The zero-order chi connectivity index (χ0) is 18.7. The molecule has 0 aromatic heterocycles. The Morgan fingerprint density at radius 3 is 2.28 bits per heavy atom. The maximum Gasteiger partial charge on any atom is 0.259 e. The van der Waals surface area contributed by atoms with E-state index in [2.05, 4.69) is 45.0 Å². The Labute approximate surface area is 153 Å². The number of para-hydroxylation sites is 1. The van der Waals surface area contributed by atoms with Gasteiger partial charge in [0.25, 0.3) is 8.53 Å². The van der Waals surface area contributed by atoms with Crippen LogP contribution in [0.5, 0.6) is 5.75 Å². The molecular formula is C19H29N2O3P. The van der Waals surface area contributed by atoms with E-state index in [9.17, 15) is 0 Å². The SMILES string of the molecule is C=C(CCOP(OCCC#N)N(C(C)C)C(C)C)Oc1ccccc1. The number of hydrogen-bond acceptors (Lipinski definition) is 5. The second-order valence-corrected chi connectivity index (χ2v) is 7.54. The molecule has 0 aliphatic rings. The maximum absolute atomic E-state index is 8.72. The van der Waals surface area contributed by atoms with Gasteiger partial charge in [-0.05, 0) is 39.8 Å². The molecule has 0 saturated heterocycles. The molecule has 0 amide bonds. The summed E-state index contributed by atoms with van der Waals surface area (Å²) in [7, 11) is -1.22. The Morgan fingerprint density at radius 1 is 1.12 bits per heavy atom. The number of nitriles is 1. The quantitative estimate of drug-likeness (QED) is 0.288. The van der Waals surface area contributed by atoms with Gasteiger partial charge in [-0.15, -0.1) is 0 Å². The van der Waals surface area contributed by atoms with Gasteiger partial charge in [0, 0.05) is 18.5 Å². The Kier molecular flexibility index (Phi) is 10.4. The molecule has 0 saturated carbocycles. The van der Waals surface area contributed by atoms with Gasteiger partial charge < -0.3 is 13.8 Å². The highest BCUT2D eigenvalue weighted by Gasteiger charge is 2.27. The van der Waals surface area contributed by atoms with Crippen LogP contribution in [0.15, 0.2) is 42.7 Å². The molecular weight excluding hydrogens is 335 g/mol. The highest BCUT2D eigenvalue weighted by Crippen LogP contribution is 2.46. The fourth-order valence-corrected chi connectivity index (χ4v) is 3.85. The van der Waals surface area contributed by atoms with Gasteiger partial charge in [-0.1, -0.05) is 24.8 Å². The highest BCUT2D eigenvalue weighted by atomic mass is 31.2. The van der Waals surface area contributed by atoms with Crippen molar-refractivity contribution in [3.8, 4) is 11.8 Å². The molecule has 138 valence electrons. The molecule has 25 heavy (non-hydrogen) atoms. The van der Waals surface area contributed by atoms with Gasteiger partial charge in [0.15, 0.2) is 0 Å². The van der Waals surface area contributed by atoms with Crippen LogP contribution in [0.2, 0.25) is 0 Å². The van der Waals surface area contributed by atoms with Gasteiger partial charge in [-0.2, -0.15) is 5.26 Å². The average molecular weight is 364 g/mol. The zero-order valence-corrected chi connectivity index (χ0v) is 16.5. The van der Waals surface area contributed by atoms with Crippen LogP contribution in [0.4, 0.5) is 0 Å². The molecule has 0 N–H and O–H groups in total. The molecule has 1 atom stereocenters. The van der Waals surface area contributed by atoms with Crippen molar-refractivity contribution in [3.63, 3.8) is 0 Å². The van der Waals surface area contributed by atoms with E-state index in [0.717, 1.165) is 5.75 Å². The van der Waals surface area contributed by atoms with E-state index in [1.165, 1.54) is 0 Å². The van der Waals surface area contributed by atoms with Crippen molar-refractivity contribution >= 4 is 8.53 Å². The number of nitrogens with zero attached hydrogens (tertiary/aromatic N) is 2. The second kappa shape index (κ2) is 12.0. The summed E-state index contributed by atoms with van der Waals surface area (Å²) in [5.41, 5.74) is 0. The molecule has 0 aliphatic carbocycles. The molecule has 0 heterocycles. The van der Waals surface area contributed by atoms with Crippen molar-refractivity contribution in [1.82, 2.24) is 4.67 Å². The third kappa shape index (κ3) is 8.47. The number of benzene rings is 1. The van der Waals surface area contributed by atoms with E-state index in [4.69, 9.17) is 19.0 Å². The van der Waals surface area contributed by atoms with Crippen LogP contribution in [-0.4, -0.2) is 30.0 Å². The van der Waals surface area contributed by atoms with Crippen LogP contribution in [0.1, 0.15) is 40.5 Å². The lowest BCUT2D eigenvalue weighted by atomic mass is 10.3. The van der Waals surface area contributed by atoms with E-state index in [1.807, 2.05) is 30.3 Å². The molecule has 0 bridgehead atoms. The van der Waals surface area contributed by atoms with Crippen molar-refractivity contribution in [3.05, 3.63) is 42.7 Å². The van der Waals surface area contributed by atoms with Gasteiger partial charge in [0.2, 0.25) is 0 Å². The monoisotopic (exact) mass is 364 g/mol. The summed E-state index contributed by atoms with van der Waals surface area (Å²) < 4.78 is 19.7. The van der Waals surface area contributed by atoms with Gasteiger partial charge in [-0.3, -0.25) is 0 Å². The maximum atomic E-state index is 8.72. The van der Waals surface area contributed by atoms with E-state index < -0.39 is 8.53 Å². The van der Waals surface area contributed by atoms with Crippen LogP contribution in [0, 0.1) is 11.3 Å². The summed E-state index contributed by atoms with van der Waals surface area (Å²) >= 11 is 0. The summed E-state index contributed by atoms with van der Waals surface area (Å²) in [4.78, 5) is 0. The average Bonchev–Trinajstić information content (AvgIpc) is 2.55. The van der Waals surface area contributed by atoms with Crippen molar-refractivity contribution in [2.75, 3.05) is 13.2 Å². The van der Waals surface area contributed by atoms with Crippen molar-refractivity contribution < 1.29 is 13.8 Å². The molecule has 1 aromatic rings. The van der Waals surface area contributed by atoms with Crippen LogP contribution in [0.3, 0.4) is 0 Å². The standard InChI is InChI=1S/C19H29N2O3P/c1-16(2)21(17(3)4)25(22-14-9-13-20)23-15-12-18(5)24-19-10-7-6-8-11-19/h6-8,10-11,16-17H,5,9,12,14-15H2,1-4H3. The number of ether oxygens (including phenoxy) is 1. The van der Waals surface area contributed by atoms with Crippen LogP contribution in [-0.2, 0) is 9.05 Å². The van der Waals surface area contributed by atoms with Crippen molar-refractivity contribution in [2.45, 2.75) is 52.6 Å². The van der Waals surface area contributed by atoms with Gasteiger partial charge in [-0.25, -0.2) is 4.67 Å². The first-order valence-corrected chi connectivity index (χ1v) is 9.70. The van der Waals surface area contributed by atoms with Crippen LogP contribution in [0.25, 0.3) is 0 Å². The van der Waals surface area contributed by atoms with Crippen molar-refractivity contribution in [1.29, 1.82) is 5.26 Å². The summed E-state index contributed by atoms with van der Waals surface area (Å²) in [6.07, 6.45) is 0.940. The molecule has 0 spiro atoms. The number of hydrogen-bond donors (Lipinski definition) is 0. The van der Waals surface area contributed by atoms with E-state index in [0.29, 0.717) is 31.8 Å². The molecule has 1 aromatic carbocycles. The predicted octanol–water partition coefficient (Wildman–Crippen LogP) is 5.26. The topological polar surface area (TPSA) is 54.7 Å². The van der Waals surface area contributed by atoms with E-state index in [-0.39, 0.29) is 12.1 Å². The Bertz CT molecular complexity index is 535. The largest absolute Gasteiger partial charge is 0.462 e. The fraction of sp³-hybridized carbons (Fsp3) is 0.526. The van der Waals surface area contributed by atoms with Crippen LogP contribution < -0.4 is 4.74 Å². The molecule has 1 rings (SSSR count). The predicted molar refractivity (Wildman–Crippen MR) is 102 cm³/mol. The lowest BCUT2D eigenvalue weighted by Gasteiger charge is -2.35. The molecule has 0 fully saturated rings. The minimum atomic E-state index is -1.22. The zero-order valence-electron chi connectivity index (χ0n) is 15.6. The lowest BCUT2D eigenvalue weighted by molar-refractivity contribution is 0.174. The molecule has 6 heteroatoms. The molecule has 5 nitrogen and oxygen atoms in total. The van der Waals surface area contributed by atoms with Gasteiger partial charge >= 0.3 is 0 Å². The normalized spacial score (nSPS) is 12.4. The van der Waals surface area contributed by atoms with E-state index >= 15 is 0 Å². The second-order valence-electron chi connectivity index (χ2n) is 6.08. The van der Waals surface area contributed by atoms with Gasteiger partial charge in [0.05, 0.1) is 31.5 Å². The Hall–Kier alpha value is -1.44. The summed E-state index contributed by atoms with van der Waals surface area (Å²) in [6, 6.07) is 12.2.